The van der Waals surface area contributed by atoms with Gasteiger partial charge in [-0.05, 0) is 42.3 Å². The van der Waals surface area contributed by atoms with Gasteiger partial charge in [-0.2, -0.15) is 0 Å². The van der Waals surface area contributed by atoms with Gasteiger partial charge in [0.15, 0.2) is 0 Å². The van der Waals surface area contributed by atoms with Gasteiger partial charge in [0.05, 0.1) is 4.90 Å². The molecule has 0 aliphatic heterocycles. The van der Waals surface area contributed by atoms with Gasteiger partial charge in [0.1, 0.15) is 0 Å². The highest BCUT2D eigenvalue weighted by Crippen LogP contribution is 2.16. The van der Waals surface area contributed by atoms with E-state index in [1.54, 1.807) is 12.1 Å². The van der Waals surface area contributed by atoms with Crippen LogP contribution in [0.5, 0.6) is 0 Å². The van der Waals surface area contributed by atoms with E-state index in [9.17, 15) is 13.2 Å². The first-order chi connectivity index (χ1) is 11.4. The Morgan fingerprint density at radius 2 is 1.75 bits per heavy atom. The lowest BCUT2D eigenvalue weighted by Gasteiger charge is -2.10. The number of halogens is 1. The molecule has 0 aromatic heterocycles. The number of amides is 1. The summed E-state index contributed by atoms with van der Waals surface area (Å²) in [7, 11) is -3.61. The first-order valence-electron chi connectivity index (χ1n) is 7.55. The van der Waals surface area contributed by atoms with E-state index in [2.05, 4.69) is 26.0 Å². The second-order valence-electron chi connectivity index (χ2n) is 5.16. The number of carbonyl (C=O) groups is 1. The summed E-state index contributed by atoms with van der Waals surface area (Å²) in [4.78, 5) is 12.2. The molecule has 2 aromatic rings. The summed E-state index contributed by atoms with van der Waals surface area (Å²) >= 11 is 3.26. The molecule has 24 heavy (non-hydrogen) atoms. The molecule has 0 atom stereocenters. The van der Waals surface area contributed by atoms with E-state index < -0.39 is 10.0 Å². The first-order valence-corrected chi connectivity index (χ1v) is 9.83. The Labute approximate surface area is 150 Å². The lowest BCUT2D eigenvalue weighted by molar-refractivity contribution is -0.116. The number of aryl methyl sites for hydroxylation is 1. The van der Waals surface area contributed by atoms with Crippen molar-refractivity contribution in [3.05, 3.63) is 58.6 Å². The zero-order chi connectivity index (χ0) is 17.6. The molecule has 0 fully saturated rings. The minimum atomic E-state index is -3.61. The Kier molecular flexibility index (Phi) is 6.53. The van der Waals surface area contributed by atoms with E-state index in [1.165, 1.54) is 12.1 Å². The second-order valence-corrected chi connectivity index (χ2v) is 7.84. The average molecular weight is 411 g/mol. The quantitative estimate of drug-likeness (QED) is 0.734. The van der Waals surface area contributed by atoms with Crippen LogP contribution in [0.1, 0.15) is 18.9 Å². The molecule has 2 aromatic carbocycles. The van der Waals surface area contributed by atoms with Crippen LogP contribution in [0.4, 0.5) is 5.69 Å². The largest absolute Gasteiger partial charge is 0.326 e. The Hall–Kier alpha value is -1.70. The molecule has 0 radical (unpaired) electrons. The topological polar surface area (TPSA) is 75.3 Å². The minimum Gasteiger partial charge on any atom is -0.326 e. The fraction of sp³-hybridized carbons (Fsp3) is 0.235. The molecule has 0 heterocycles. The Bertz CT molecular complexity index is 805. The van der Waals surface area contributed by atoms with Gasteiger partial charge < -0.3 is 5.32 Å². The number of hydrogen-bond acceptors (Lipinski definition) is 3. The predicted octanol–water partition coefficient (Wildman–Crippen LogP) is 3.32. The van der Waals surface area contributed by atoms with Crippen molar-refractivity contribution in [1.82, 2.24) is 4.72 Å². The Morgan fingerprint density at radius 3 is 2.42 bits per heavy atom. The van der Waals surface area contributed by atoms with E-state index in [-0.39, 0.29) is 23.8 Å². The van der Waals surface area contributed by atoms with E-state index in [0.717, 1.165) is 22.1 Å². The molecule has 0 aliphatic carbocycles. The van der Waals surface area contributed by atoms with Gasteiger partial charge in [0, 0.05) is 23.1 Å². The lowest BCUT2D eigenvalue weighted by Crippen LogP contribution is -2.28. The van der Waals surface area contributed by atoms with Gasteiger partial charge in [0.25, 0.3) is 0 Å². The van der Waals surface area contributed by atoms with Gasteiger partial charge in [-0.1, -0.05) is 41.1 Å². The summed E-state index contributed by atoms with van der Waals surface area (Å²) in [5, 5.41) is 2.81. The highest BCUT2D eigenvalue weighted by Gasteiger charge is 2.14. The fourth-order valence-corrected chi connectivity index (χ4v) is 3.46. The monoisotopic (exact) mass is 410 g/mol. The van der Waals surface area contributed by atoms with Gasteiger partial charge in [0.2, 0.25) is 15.9 Å². The Balaban J connectivity index is 1.89. The second kappa shape index (κ2) is 8.41. The van der Waals surface area contributed by atoms with E-state index in [4.69, 9.17) is 0 Å². The minimum absolute atomic E-state index is 0.0402. The van der Waals surface area contributed by atoms with Crippen molar-refractivity contribution < 1.29 is 13.2 Å². The van der Waals surface area contributed by atoms with Crippen LogP contribution in [0.15, 0.2) is 57.9 Å². The predicted molar refractivity (Wildman–Crippen MR) is 98.4 cm³/mol. The number of carbonyl (C=O) groups excluding carboxylic acids is 1. The third-order valence-electron chi connectivity index (χ3n) is 3.44. The summed E-state index contributed by atoms with van der Waals surface area (Å²) in [6, 6.07) is 13.9. The number of nitrogens with one attached hydrogen (secondary N) is 2. The zero-order valence-electron chi connectivity index (χ0n) is 13.3. The van der Waals surface area contributed by atoms with Crippen molar-refractivity contribution in [2.45, 2.75) is 24.7 Å². The van der Waals surface area contributed by atoms with Crippen LogP contribution in [0, 0.1) is 0 Å². The number of sulfonamides is 1. The Morgan fingerprint density at radius 1 is 1.08 bits per heavy atom. The van der Waals surface area contributed by atoms with Crippen molar-refractivity contribution in [2.75, 3.05) is 11.9 Å². The standard InChI is InChI=1S/C17H19BrN2O3S/c1-2-13-5-3-4-6-16(13)20-17(21)11-12-19-24(22,23)15-9-7-14(18)8-10-15/h3-10,19H,2,11-12H2,1H3,(H,20,21). The molecular weight excluding hydrogens is 392 g/mol. The number of rotatable bonds is 7. The maximum Gasteiger partial charge on any atom is 0.240 e. The van der Waals surface area contributed by atoms with E-state index in [0.29, 0.717) is 0 Å². The summed E-state index contributed by atoms with van der Waals surface area (Å²) in [6.07, 6.45) is 0.875. The highest BCUT2D eigenvalue weighted by atomic mass is 79.9. The summed E-state index contributed by atoms with van der Waals surface area (Å²) in [5.41, 5.74) is 1.81. The van der Waals surface area contributed by atoms with E-state index >= 15 is 0 Å². The molecule has 2 rings (SSSR count). The molecule has 0 saturated carbocycles. The summed E-state index contributed by atoms with van der Waals surface area (Å²) < 4.78 is 27.5. The lowest BCUT2D eigenvalue weighted by atomic mass is 10.1. The number of para-hydroxylation sites is 1. The molecule has 1 amide bonds. The third kappa shape index (κ3) is 5.15. The fourth-order valence-electron chi connectivity index (χ4n) is 2.16. The molecule has 7 heteroatoms. The molecule has 128 valence electrons. The van der Waals surface area contributed by atoms with Crippen LogP contribution in [0.3, 0.4) is 0 Å². The molecular formula is C17H19BrN2O3S. The summed E-state index contributed by atoms with van der Waals surface area (Å²) in [6.45, 7) is 2.05. The molecule has 0 unspecified atom stereocenters. The summed E-state index contributed by atoms with van der Waals surface area (Å²) in [5.74, 6) is -0.227. The van der Waals surface area contributed by atoms with Gasteiger partial charge >= 0.3 is 0 Å². The number of hydrogen-bond donors (Lipinski definition) is 2. The molecule has 5 nitrogen and oxygen atoms in total. The van der Waals surface area contributed by atoms with E-state index in [1.807, 2.05) is 31.2 Å². The molecule has 0 aliphatic rings. The maximum atomic E-state index is 12.1. The van der Waals surface area contributed by atoms with Crippen LogP contribution in [0.2, 0.25) is 0 Å². The third-order valence-corrected chi connectivity index (χ3v) is 5.45. The highest BCUT2D eigenvalue weighted by molar-refractivity contribution is 9.10. The van der Waals surface area contributed by atoms with Crippen LogP contribution in [-0.4, -0.2) is 20.9 Å². The van der Waals surface area contributed by atoms with Crippen LogP contribution in [0.25, 0.3) is 0 Å². The van der Waals surface area contributed by atoms with Crippen molar-refractivity contribution in [2.24, 2.45) is 0 Å². The maximum absolute atomic E-state index is 12.1. The SMILES string of the molecule is CCc1ccccc1NC(=O)CCNS(=O)(=O)c1ccc(Br)cc1. The average Bonchev–Trinajstić information content (AvgIpc) is 2.55. The van der Waals surface area contributed by atoms with Crippen LogP contribution >= 0.6 is 15.9 Å². The number of benzene rings is 2. The molecule has 0 bridgehead atoms. The van der Waals surface area contributed by atoms with Gasteiger partial charge in [-0.15, -0.1) is 0 Å². The van der Waals surface area contributed by atoms with Gasteiger partial charge in [-0.3, -0.25) is 4.79 Å². The first kappa shape index (κ1) is 18.6. The van der Waals surface area contributed by atoms with Crippen molar-refractivity contribution in [3.8, 4) is 0 Å². The molecule has 0 saturated heterocycles. The zero-order valence-corrected chi connectivity index (χ0v) is 15.7. The normalized spacial score (nSPS) is 11.2. The smallest absolute Gasteiger partial charge is 0.240 e. The molecule has 2 N–H and O–H groups in total. The molecule has 0 spiro atoms. The van der Waals surface area contributed by atoms with Gasteiger partial charge in [-0.25, -0.2) is 13.1 Å². The van der Waals surface area contributed by atoms with Crippen molar-refractivity contribution in [1.29, 1.82) is 0 Å². The van der Waals surface area contributed by atoms with Crippen molar-refractivity contribution >= 4 is 37.5 Å². The number of anilines is 1. The van der Waals surface area contributed by atoms with Crippen LogP contribution in [-0.2, 0) is 21.2 Å². The van der Waals surface area contributed by atoms with Crippen LogP contribution < -0.4 is 10.0 Å². The van der Waals surface area contributed by atoms with Crippen molar-refractivity contribution in [3.63, 3.8) is 0 Å².